The van der Waals surface area contributed by atoms with Gasteiger partial charge >= 0.3 is 0 Å². The van der Waals surface area contributed by atoms with Crippen LogP contribution in [-0.2, 0) is 17.2 Å². The molecular formula is C16H21FN2O2S. The third-order valence-electron chi connectivity index (χ3n) is 3.45. The summed E-state index contributed by atoms with van der Waals surface area (Å²) in [5, 5.41) is 7.08. The fourth-order valence-corrected chi connectivity index (χ4v) is 3.55. The SMILES string of the molecule is CC(C)Cc1nnc([C@H](C)[S@](=O)[C@@H](C)c2ccccc2F)o1. The monoisotopic (exact) mass is 324 g/mol. The normalized spacial score (nSPS) is 15.7. The third-order valence-corrected chi connectivity index (χ3v) is 5.30. The van der Waals surface area contributed by atoms with Crippen molar-refractivity contribution in [2.24, 2.45) is 5.92 Å². The molecule has 120 valence electrons. The number of benzene rings is 1. The van der Waals surface area contributed by atoms with Crippen LogP contribution in [0.3, 0.4) is 0 Å². The summed E-state index contributed by atoms with van der Waals surface area (Å²) in [6.07, 6.45) is 0.690. The Hall–Kier alpha value is -1.56. The predicted molar refractivity (Wildman–Crippen MR) is 84.2 cm³/mol. The fraction of sp³-hybridized carbons (Fsp3) is 0.500. The third kappa shape index (κ3) is 3.80. The van der Waals surface area contributed by atoms with Crippen LogP contribution in [0.2, 0.25) is 0 Å². The lowest BCUT2D eigenvalue weighted by Crippen LogP contribution is -2.11. The first kappa shape index (κ1) is 16.8. The second kappa shape index (κ2) is 7.13. The van der Waals surface area contributed by atoms with Gasteiger partial charge in [0.2, 0.25) is 11.8 Å². The Morgan fingerprint density at radius 1 is 1.14 bits per heavy atom. The molecule has 3 atom stereocenters. The number of aromatic nitrogens is 2. The van der Waals surface area contributed by atoms with Gasteiger partial charge in [0.1, 0.15) is 11.1 Å². The van der Waals surface area contributed by atoms with E-state index in [0.29, 0.717) is 29.7 Å². The van der Waals surface area contributed by atoms with Crippen LogP contribution in [-0.4, -0.2) is 14.4 Å². The summed E-state index contributed by atoms with van der Waals surface area (Å²) in [6, 6.07) is 6.39. The van der Waals surface area contributed by atoms with E-state index >= 15 is 0 Å². The van der Waals surface area contributed by atoms with E-state index < -0.39 is 21.3 Å². The van der Waals surface area contributed by atoms with E-state index in [4.69, 9.17) is 4.42 Å². The summed E-state index contributed by atoms with van der Waals surface area (Å²) < 4.78 is 32.1. The molecule has 1 heterocycles. The molecule has 0 unspecified atom stereocenters. The Morgan fingerprint density at radius 3 is 2.45 bits per heavy atom. The Morgan fingerprint density at radius 2 is 1.82 bits per heavy atom. The molecule has 1 aromatic carbocycles. The minimum Gasteiger partial charge on any atom is -0.424 e. The highest BCUT2D eigenvalue weighted by Gasteiger charge is 2.27. The average molecular weight is 324 g/mol. The van der Waals surface area contributed by atoms with Crippen molar-refractivity contribution in [2.75, 3.05) is 0 Å². The lowest BCUT2D eigenvalue weighted by atomic mass is 10.1. The predicted octanol–water partition coefficient (Wildman–Crippen LogP) is 3.98. The Bertz CT molecular complexity index is 657. The number of hydrogen-bond donors (Lipinski definition) is 0. The maximum absolute atomic E-state index is 13.8. The molecule has 0 aliphatic carbocycles. The summed E-state index contributed by atoms with van der Waals surface area (Å²) in [6.45, 7) is 7.63. The van der Waals surface area contributed by atoms with Gasteiger partial charge in [0, 0.05) is 22.8 Å². The zero-order valence-corrected chi connectivity index (χ0v) is 14.1. The minimum atomic E-state index is -1.36. The summed E-state index contributed by atoms with van der Waals surface area (Å²) in [5.74, 6) is 0.956. The van der Waals surface area contributed by atoms with Crippen molar-refractivity contribution in [3.8, 4) is 0 Å². The summed E-state index contributed by atoms with van der Waals surface area (Å²) in [7, 11) is -1.36. The van der Waals surface area contributed by atoms with Crippen molar-refractivity contribution in [2.45, 2.75) is 44.6 Å². The van der Waals surface area contributed by atoms with Crippen molar-refractivity contribution < 1.29 is 13.0 Å². The highest BCUT2D eigenvalue weighted by Crippen LogP contribution is 2.30. The molecule has 1 aromatic heterocycles. The van der Waals surface area contributed by atoms with Crippen molar-refractivity contribution in [3.63, 3.8) is 0 Å². The lowest BCUT2D eigenvalue weighted by Gasteiger charge is -2.15. The number of nitrogens with zero attached hydrogens (tertiary/aromatic N) is 2. The van der Waals surface area contributed by atoms with Crippen molar-refractivity contribution in [1.29, 1.82) is 0 Å². The van der Waals surface area contributed by atoms with Gasteiger partial charge in [-0.2, -0.15) is 0 Å². The van der Waals surface area contributed by atoms with Crippen LogP contribution in [0.1, 0.15) is 55.5 Å². The molecular weight excluding hydrogens is 303 g/mol. The summed E-state index contributed by atoms with van der Waals surface area (Å²) in [5.41, 5.74) is 0.439. The van der Waals surface area contributed by atoms with Gasteiger partial charge in [-0.3, -0.25) is 4.21 Å². The van der Waals surface area contributed by atoms with Gasteiger partial charge in [-0.1, -0.05) is 32.0 Å². The molecule has 0 amide bonds. The first-order valence-corrected chi connectivity index (χ1v) is 8.63. The van der Waals surface area contributed by atoms with E-state index in [1.54, 1.807) is 32.0 Å². The molecule has 0 aliphatic heterocycles. The van der Waals surface area contributed by atoms with E-state index in [0.717, 1.165) is 0 Å². The zero-order chi connectivity index (χ0) is 16.3. The van der Waals surface area contributed by atoms with Crippen molar-refractivity contribution in [1.82, 2.24) is 10.2 Å². The average Bonchev–Trinajstić information content (AvgIpc) is 2.93. The van der Waals surface area contributed by atoms with Crippen LogP contribution in [0.5, 0.6) is 0 Å². The number of hydrogen-bond acceptors (Lipinski definition) is 4. The molecule has 0 spiro atoms. The van der Waals surface area contributed by atoms with E-state index in [1.165, 1.54) is 6.07 Å². The van der Waals surface area contributed by atoms with Crippen LogP contribution >= 0.6 is 0 Å². The van der Waals surface area contributed by atoms with E-state index in [2.05, 4.69) is 24.0 Å². The molecule has 22 heavy (non-hydrogen) atoms. The lowest BCUT2D eigenvalue weighted by molar-refractivity contribution is 0.424. The Labute approximate surface area is 132 Å². The van der Waals surface area contributed by atoms with E-state index in [1.807, 2.05) is 0 Å². The number of rotatable bonds is 6. The first-order chi connectivity index (χ1) is 10.4. The molecule has 0 N–H and O–H groups in total. The van der Waals surface area contributed by atoms with Crippen LogP contribution in [0.4, 0.5) is 4.39 Å². The van der Waals surface area contributed by atoms with Gasteiger partial charge in [0.25, 0.3) is 0 Å². The standard InChI is InChI=1S/C16H21FN2O2S/c1-10(2)9-15-18-19-16(21-15)12(4)22(20)11(3)13-7-5-6-8-14(13)17/h5-8,10-12H,9H2,1-4H3/t11-,12-,22+/m0/s1. The van der Waals surface area contributed by atoms with Crippen LogP contribution in [0.25, 0.3) is 0 Å². The Kier molecular flexibility index (Phi) is 5.45. The summed E-state index contributed by atoms with van der Waals surface area (Å²) >= 11 is 0. The number of halogens is 1. The first-order valence-electron chi connectivity index (χ1n) is 7.36. The van der Waals surface area contributed by atoms with Gasteiger partial charge in [-0.25, -0.2) is 4.39 Å². The highest BCUT2D eigenvalue weighted by molar-refractivity contribution is 7.85. The molecule has 6 heteroatoms. The van der Waals surface area contributed by atoms with Crippen LogP contribution in [0.15, 0.2) is 28.7 Å². The molecule has 4 nitrogen and oxygen atoms in total. The molecule has 2 rings (SSSR count). The van der Waals surface area contributed by atoms with Gasteiger partial charge in [-0.05, 0) is 25.8 Å². The second-order valence-electron chi connectivity index (χ2n) is 5.77. The Balaban J connectivity index is 2.15. The van der Waals surface area contributed by atoms with E-state index in [-0.39, 0.29) is 5.82 Å². The minimum absolute atomic E-state index is 0.345. The van der Waals surface area contributed by atoms with Gasteiger partial charge in [0.15, 0.2) is 0 Å². The van der Waals surface area contributed by atoms with Crippen molar-refractivity contribution >= 4 is 10.8 Å². The molecule has 0 fully saturated rings. The second-order valence-corrected chi connectivity index (χ2v) is 7.84. The summed E-state index contributed by atoms with van der Waals surface area (Å²) in [4.78, 5) is 0. The van der Waals surface area contributed by atoms with Crippen LogP contribution < -0.4 is 0 Å². The van der Waals surface area contributed by atoms with E-state index in [9.17, 15) is 8.60 Å². The fourth-order valence-electron chi connectivity index (χ4n) is 2.20. The molecule has 0 aliphatic rings. The van der Waals surface area contributed by atoms with Gasteiger partial charge in [0.05, 0.1) is 5.25 Å². The molecule has 0 saturated carbocycles. The van der Waals surface area contributed by atoms with Crippen LogP contribution in [0, 0.1) is 11.7 Å². The zero-order valence-electron chi connectivity index (χ0n) is 13.2. The smallest absolute Gasteiger partial charge is 0.231 e. The van der Waals surface area contributed by atoms with Gasteiger partial charge in [-0.15, -0.1) is 10.2 Å². The maximum atomic E-state index is 13.8. The van der Waals surface area contributed by atoms with Crippen molar-refractivity contribution in [3.05, 3.63) is 47.4 Å². The molecule has 0 saturated heterocycles. The quantitative estimate of drug-likeness (QED) is 0.806. The molecule has 0 bridgehead atoms. The van der Waals surface area contributed by atoms with Gasteiger partial charge < -0.3 is 4.42 Å². The maximum Gasteiger partial charge on any atom is 0.231 e. The molecule has 0 radical (unpaired) electrons. The largest absolute Gasteiger partial charge is 0.424 e. The topological polar surface area (TPSA) is 56.0 Å². The highest BCUT2D eigenvalue weighted by atomic mass is 32.2. The molecule has 2 aromatic rings.